The second-order valence-electron chi connectivity index (χ2n) is 6.98. The Morgan fingerprint density at radius 2 is 1.97 bits per heavy atom. The fourth-order valence-electron chi connectivity index (χ4n) is 3.05. The summed E-state index contributed by atoms with van der Waals surface area (Å²) in [6.07, 6.45) is -0.0377. The standard InChI is InChI=1S/C19H18Cl2FN3O6S/c1-10-14(20)7-23-18(17(10)21)24-16(27)9-31-19(28)15-6-12(26)8-25(15)32(29,30)13-4-2-11(22)3-5-13/h2-5,7,12,15,26H,6,8-9H2,1H3,(H,23,24,27). The number of ether oxygens (including phenoxy) is 1. The highest BCUT2D eigenvalue weighted by Crippen LogP contribution is 2.29. The number of β-amino-alcohol motifs (C(OH)–C–C–N with tert-alkyl or cyclic N) is 1. The molecule has 1 saturated heterocycles. The van der Waals surface area contributed by atoms with Crippen LogP contribution in [0.1, 0.15) is 12.0 Å². The van der Waals surface area contributed by atoms with E-state index in [1.54, 1.807) is 6.92 Å². The van der Waals surface area contributed by atoms with E-state index < -0.39 is 46.5 Å². The van der Waals surface area contributed by atoms with E-state index in [4.69, 9.17) is 27.9 Å². The number of hydrogen-bond donors (Lipinski definition) is 2. The van der Waals surface area contributed by atoms with Gasteiger partial charge in [0.25, 0.3) is 5.91 Å². The number of aliphatic hydroxyl groups excluding tert-OH is 1. The molecule has 9 nitrogen and oxygen atoms in total. The van der Waals surface area contributed by atoms with Crippen LogP contribution < -0.4 is 5.32 Å². The number of nitrogens with zero attached hydrogens (tertiary/aromatic N) is 2. The number of halogens is 3. The molecule has 1 aliphatic heterocycles. The second kappa shape index (κ2) is 9.67. The first kappa shape index (κ1) is 24.3. The molecule has 3 rings (SSSR count). The fraction of sp³-hybridized carbons (Fsp3) is 0.316. The Kier molecular flexibility index (Phi) is 7.36. The molecular formula is C19H18Cl2FN3O6S. The average molecular weight is 506 g/mol. The number of amides is 1. The van der Waals surface area contributed by atoms with Crippen LogP contribution in [0.4, 0.5) is 10.2 Å². The molecule has 13 heteroatoms. The van der Waals surface area contributed by atoms with Crippen molar-refractivity contribution in [2.24, 2.45) is 0 Å². The molecule has 1 aliphatic rings. The number of aliphatic hydroxyl groups is 1. The van der Waals surface area contributed by atoms with Gasteiger partial charge in [-0.2, -0.15) is 4.31 Å². The van der Waals surface area contributed by atoms with Crippen LogP contribution in [0.3, 0.4) is 0 Å². The van der Waals surface area contributed by atoms with Crippen molar-refractivity contribution in [3.63, 3.8) is 0 Å². The van der Waals surface area contributed by atoms with Crippen molar-refractivity contribution in [3.05, 3.63) is 51.9 Å². The molecule has 1 aromatic heterocycles. The van der Waals surface area contributed by atoms with Gasteiger partial charge < -0.3 is 15.2 Å². The van der Waals surface area contributed by atoms with Gasteiger partial charge in [0.05, 0.1) is 21.0 Å². The normalized spacial score (nSPS) is 19.0. The number of anilines is 1. The zero-order valence-electron chi connectivity index (χ0n) is 16.6. The van der Waals surface area contributed by atoms with E-state index in [1.807, 2.05) is 0 Å². The third-order valence-electron chi connectivity index (χ3n) is 4.73. The maximum atomic E-state index is 13.1. The van der Waals surface area contributed by atoms with Gasteiger partial charge in [-0.25, -0.2) is 17.8 Å². The quantitative estimate of drug-likeness (QED) is 0.575. The lowest BCUT2D eigenvalue weighted by molar-refractivity contribution is -0.150. The predicted octanol–water partition coefficient (Wildman–Crippen LogP) is 2.14. The minimum atomic E-state index is -4.22. The summed E-state index contributed by atoms with van der Waals surface area (Å²) < 4.78 is 44.6. The van der Waals surface area contributed by atoms with Gasteiger partial charge in [0, 0.05) is 19.2 Å². The van der Waals surface area contributed by atoms with Crippen LogP contribution in [-0.4, -0.2) is 60.0 Å². The van der Waals surface area contributed by atoms with Crippen molar-refractivity contribution in [1.82, 2.24) is 9.29 Å². The predicted molar refractivity (Wildman–Crippen MR) is 113 cm³/mol. The van der Waals surface area contributed by atoms with E-state index >= 15 is 0 Å². The lowest BCUT2D eigenvalue weighted by Gasteiger charge is -2.22. The molecule has 1 amide bonds. The molecule has 2 heterocycles. The smallest absolute Gasteiger partial charge is 0.325 e. The zero-order chi connectivity index (χ0) is 23.6. The summed E-state index contributed by atoms with van der Waals surface area (Å²) in [6, 6.07) is 2.68. The van der Waals surface area contributed by atoms with Crippen molar-refractivity contribution < 1.29 is 32.2 Å². The number of nitrogens with one attached hydrogen (secondary N) is 1. The summed E-state index contributed by atoms with van der Waals surface area (Å²) in [5, 5.41) is 12.7. The summed E-state index contributed by atoms with van der Waals surface area (Å²) in [5.74, 6) is -2.39. The van der Waals surface area contributed by atoms with E-state index in [0.717, 1.165) is 28.6 Å². The Morgan fingerprint density at radius 1 is 1.31 bits per heavy atom. The molecule has 0 aliphatic carbocycles. The van der Waals surface area contributed by atoms with Crippen LogP contribution in [0.15, 0.2) is 35.4 Å². The number of benzene rings is 1. The van der Waals surface area contributed by atoms with Crippen LogP contribution in [0, 0.1) is 12.7 Å². The fourth-order valence-corrected chi connectivity index (χ4v) is 5.07. The molecule has 1 fully saturated rings. The molecule has 2 aromatic rings. The summed E-state index contributed by atoms with van der Waals surface area (Å²) >= 11 is 12.0. The molecule has 1 aromatic carbocycles. The summed E-state index contributed by atoms with van der Waals surface area (Å²) in [6.45, 7) is 0.536. The maximum Gasteiger partial charge on any atom is 0.325 e. The Hall–Kier alpha value is -2.31. The summed E-state index contributed by atoms with van der Waals surface area (Å²) in [5.41, 5.74) is 0.497. The van der Waals surface area contributed by atoms with Gasteiger partial charge in [0.1, 0.15) is 11.9 Å². The monoisotopic (exact) mass is 505 g/mol. The third-order valence-corrected chi connectivity index (χ3v) is 7.46. The molecule has 0 saturated carbocycles. The Labute approximate surface area is 193 Å². The van der Waals surface area contributed by atoms with Gasteiger partial charge in [-0.3, -0.25) is 9.59 Å². The zero-order valence-corrected chi connectivity index (χ0v) is 18.9. The highest BCUT2D eigenvalue weighted by Gasteiger charge is 2.44. The number of rotatable bonds is 6. The Balaban J connectivity index is 1.67. The minimum absolute atomic E-state index is 0.0198. The van der Waals surface area contributed by atoms with Gasteiger partial charge in [-0.1, -0.05) is 23.2 Å². The highest BCUT2D eigenvalue weighted by atomic mass is 35.5. The number of carbonyl (C=O) groups is 2. The second-order valence-corrected chi connectivity index (χ2v) is 9.66. The highest BCUT2D eigenvalue weighted by molar-refractivity contribution is 7.89. The van der Waals surface area contributed by atoms with Crippen molar-refractivity contribution in [2.75, 3.05) is 18.5 Å². The maximum absolute atomic E-state index is 13.1. The number of sulfonamides is 1. The molecular weight excluding hydrogens is 488 g/mol. The van der Waals surface area contributed by atoms with Gasteiger partial charge in [-0.15, -0.1) is 0 Å². The van der Waals surface area contributed by atoms with Crippen LogP contribution in [-0.2, 0) is 24.3 Å². The van der Waals surface area contributed by atoms with Gasteiger partial charge in [-0.05, 0) is 36.8 Å². The van der Waals surface area contributed by atoms with E-state index in [0.29, 0.717) is 10.6 Å². The Morgan fingerprint density at radius 3 is 2.62 bits per heavy atom. The topological polar surface area (TPSA) is 126 Å². The van der Waals surface area contributed by atoms with E-state index in [9.17, 15) is 27.5 Å². The molecule has 2 atom stereocenters. The van der Waals surface area contributed by atoms with Crippen LogP contribution in [0.2, 0.25) is 10.0 Å². The van der Waals surface area contributed by atoms with E-state index in [2.05, 4.69) is 10.3 Å². The summed E-state index contributed by atoms with van der Waals surface area (Å²) in [7, 11) is -4.22. The van der Waals surface area contributed by atoms with Crippen molar-refractivity contribution in [2.45, 2.75) is 30.4 Å². The van der Waals surface area contributed by atoms with Crippen molar-refractivity contribution in [1.29, 1.82) is 0 Å². The number of pyridine rings is 1. The summed E-state index contributed by atoms with van der Waals surface area (Å²) in [4.78, 5) is 28.3. The first-order valence-corrected chi connectivity index (χ1v) is 11.4. The molecule has 2 unspecified atom stereocenters. The van der Waals surface area contributed by atoms with Crippen molar-refractivity contribution in [3.8, 4) is 0 Å². The molecule has 0 bridgehead atoms. The van der Waals surface area contributed by atoms with Crippen molar-refractivity contribution >= 4 is 50.9 Å². The van der Waals surface area contributed by atoms with Gasteiger partial charge in [0.15, 0.2) is 12.4 Å². The number of hydrogen-bond acceptors (Lipinski definition) is 7. The first-order chi connectivity index (χ1) is 15.0. The van der Waals surface area contributed by atoms with E-state index in [1.165, 1.54) is 6.20 Å². The molecule has 0 radical (unpaired) electrons. The molecule has 32 heavy (non-hydrogen) atoms. The number of carbonyl (C=O) groups excluding carboxylic acids is 2. The van der Waals surface area contributed by atoms with Crippen LogP contribution >= 0.6 is 23.2 Å². The Bertz CT molecular complexity index is 1150. The largest absolute Gasteiger partial charge is 0.454 e. The SMILES string of the molecule is Cc1c(Cl)cnc(NC(=O)COC(=O)C2CC(O)CN2S(=O)(=O)c2ccc(F)cc2)c1Cl. The lowest BCUT2D eigenvalue weighted by Crippen LogP contribution is -2.42. The van der Waals surface area contributed by atoms with Crippen LogP contribution in [0.25, 0.3) is 0 Å². The lowest BCUT2D eigenvalue weighted by atomic mass is 10.2. The number of aromatic nitrogens is 1. The molecule has 172 valence electrons. The van der Waals surface area contributed by atoms with E-state index in [-0.39, 0.29) is 28.7 Å². The molecule has 2 N–H and O–H groups in total. The third kappa shape index (κ3) is 5.18. The van der Waals surface area contributed by atoms with Gasteiger partial charge in [0.2, 0.25) is 10.0 Å². The minimum Gasteiger partial charge on any atom is -0.454 e. The van der Waals surface area contributed by atoms with Crippen LogP contribution in [0.5, 0.6) is 0 Å². The average Bonchev–Trinajstić information content (AvgIpc) is 3.15. The molecule has 0 spiro atoms. The van der Waals surface area contributed by atoms with Gasteiger partial charge >= 0.3 is 5.97 Å². The number of esters is 1. The first-order valence-electron chi connectivity index (χ1n) is 9.23.